The molecule has 1 saturated carbocycles. The van der Waals surface area contributed by atoms with Gasteiger partial charge in [0.1, 0.15) is 5.75 Å². The van der Waals surface area contributed by atoms with Crippen molar-refractivity contribution in [3.63, 3.8) is 0 Å². The van der Waals surface area contributed by atoms with E-state index in [0.717, 1.165) is 22.7 Å². The topological polar surface area (TPSA) is 43.3 Å². The number of aryl methyl sites for hydroxylation is 1. The molecule has 0 saturated heterocycles. The zero-order valence-corrected chi connectivity index (χ0v) is 14.8. The minimum absolute atomic E-state index is 0.123. The minimum atomic E-state index is 0.123. The maximum Gasteiger partial charge on any atom is 0.183 e. The quantitative estimate of drug-likeness (QED) is 0.794. The molecule has 1 aliphatic carbocycles. The molecule has 0 unspecified atom stereocenters. The Morgan fingerprint density at radius 3 is 2.67 bits per heavy atom. The summed E-state index contributed by atoms with van der Waals surface area (Å²) in [4.78, 5) is 12.7. The van der Waals surface area contributed by atoms with E-state index in [1.165, 1.54) is 31.4 Å². The first-order valence-electron chi connectivity index (χ1n) is 8.70. The van der Waals surface area contributed by atoms with E-state index in [2.05, 4.69) is 23.7 Å². The fourth-order valence-corrected chi connectivity index (χ4v) is 3.85. The fraction of sp³-hybridized carbons (Fsp3) is 0.450. The van der Waals surface area contributed by atoms with Gasteiger partial charge in [-0.2, -0.15) is 0 Å². The SMILES string of the molecule is COc1ccccc1NCC(=O)c1cc(C)n(C2CCCC2)c1C. The van der Waals surface area contributed by atoms with E-state index in [9.17, 15) is 4.79 Å². The number of rotatable bonds is 6. The highest BCUT2D eigenvalue weighted by atomic mass is 16.5. The Morgan fingerprint density at radius 2 is 1.96 bits per heavy atom. The highest BCUT2D eigenvalue weighted by Gasteiger charge is 2.23. The van der Waals surface area contributed by atoms with Crippen LogP contribution in [0.25, 0.3) is 0 Å². The van der Waals surface area contributed by atoms with Crippen LogP contribution in [-0.4, -0.2) is 24.0 Å². The zero-order valence-electron chi connectivity index (χ0n) is 14.8. The molecule has 1 heterocycles. The number of benzene rings is 1. The summed E-state index contributed by atoms with van der Waals surface area (Å²) in [6.45, 7) is 4.45. The van der Waals surface area contributed by atoms with Crippen LogP contribution >= 0.6 is 0 Å². The highest BCUT2D eigenvalue weighted by Crippen LogP contribution is 2.33. The fourth-order valence-electron chi connectivity index (χ4n) is 3.85. The Morgan fingerprint density at radius 1 is 1.25 bits per heavy atom. The molecule has 4 heteroatoms. The Hall–Kier alpha value is -2.23. The zero-order chi connectivity index (χ0) is 17.1. The van der Waals surface area contributed by atoms with Crippen LogP contribution in [0.2, 0.25) is 0 Å². The van der Waals surface area contributed by atoms with Crippen LogP contribution in [0.5, 0.6) is 5.75 Å². The van der Waals surface area contributed by atoms with E-state index in [4.69, 9.17) is 4.74 Å². The number of para-hydroxylation sites is 2. The van der Waals surface area contributed by atoms with Gasteiger partial charge in [-0.1, -0.05) is 25.0 Å². The van der Waals surface area contributed by atoms with E-state index < -0.39 is 0 Å². The van der Waals surface area contributed by atoms with Gasteiger partial charge in [0.05, 0.1) is 19.3 Å². The second-order valence-corrected chi connectivity index (χ2v) is 6.57. The first-order valence-corrected chi connectivity index (χ1v) is 8.70. The molecule has 0 amide bonds. The standard InChI is InChI=1S/C20H26N2O2/c1-14-12-17(15(2)22(14)16-8-4-5-9-16)19(23)13-21-18-10-6-7-11-20(18)24-3/h6-7,10-12,16,21H,4-5,8-9,13H2,1-3H3. The smallest absolute Gasteiger partial charge is 0.183 e. The van der Waals surface area contributed by atoms with Gasteiger partial charge in [-0.15, -0.1) is 0 Å². The number of Topliss-reactive ketones (excluding diaryl/α,β-unsaturated/α-hetero) is 1. The van der Waals surface area contributed by atoms with Crippen molar-refractivity contribution in [2.45, 2.75) is 45.6 Å². The molecule has 4 nitrogen and oxygen atoms in total. The number of anilines is 1. The molecule has 1 aromatic carbocycles. The number of ether oxygens (including phenoxy) is 1. The summed E-state index contributed by atoms with van der Waals surface area (Å²) < 4.78 is 7.68. The minimum Gasteiger partial charge on any atom is -0.495 e. The third-order valence-electron chi connectivity index (χ3n) is 5.02. The number of nitrogens with one attached hydrogen (secondary N) is 1. The van der Waals surface area contributed by atoms with Crippen molar-refractivity contribution in [3.05, 3.63) is 47.3 Å². The predicted molar refractivity (Wildman–Crippen MR) is 97.2 cm³/mol. The lowest BCUT2D eigenvalue weighted by Gasteiger charge is -2.17. The molecule has 3 rings (SSSR count). The van der Waals surface area contributed by atoms with Gasteiger partial charge in [0, 0.05) is 23.0 Å². The monoisotopic (exact) mass is 326 g/mol. The van der Waals surface area contributed by atoms with Gasteiger partial charge in [-0.25, -0.2) is 0 Å². The molecule has 128 valence electrons. The lowest BCUT2D eigenvalue weighted by molar-refractivity contribution is 0.101. The number of carbonyl (C=O) groups is 1. The van der Waals surface area contributed by atoms with Crippen LogP contribution in [0, 0.1) is 13.8 Å². The van der Waals surface area contributed by atoms with E-state index in [1.807, 2.05) is 30.3 Å². The summed E-state index contributed by atoms with van der Waals surface area (Å²) in [7, 11) is 1.64. The van der Waals surface area contributed by atoms with Crippen molar-refractivity contribution in [3.8, 4) is 5.75 Å². The van der Waals surface area contributed by atoms with Crippen LogP contribution in [0.3, 0.4) is 0 Å². The molecular formula is C20H26N2O2. The van der Waals surface area contributed by atoms with Crippen LogP contribution < -0.4 is 10.1 Å². The maximum absolute atomic E-state index is 12.7. The van der Waals surface area contributed by atoms with Gasteiger partial charge in [0.25, 0.3) is 0 Å². The molecule has 1 fully saturated rings. The Bertz CT molecular complexity index is 727. The number of ketones is 1. The first kappa shape index (κ1) is 16.6. The van der Waals surface area contributed by atoms with Gasteiger partial charge in [-0.3, -0.25) is 4.79 Å². The maximum atomic E-state index is 12.7. The van der Waals surface area contributed by atoms with Crippen molar-refractivity contribution in [2.75, 3.05) is 19.0 Å². The summed E-state index contributed by atoms with van der Waals surface area (Å²) in [6.07, 6.45) is 5.04. The van der Waals surface area contributed by atoms with Crippen LogP contribution in [0.1, 0.15) is 53.5 Å². The molecule has 1 N–H and O–H groups in total. The third-order valence-corrected chi connectivity index (χ3v) is 5.02. The van der Waals surface area contributed by atoms with Gasteiger partial charge in [0.2, 0.25) is 0 Å². The molecule has 2 aromatic rings. The summed E-state index contributed by atoms with van der Waals surface area (Å²) in [6, 6.07) is 10.3. The second-order valence-electron chi connectivity index (χ2n) is 6.57. The van der Waals surface area contributed by atoms with Gasteiger partial charge < -0.3 is 14.6 Å². The van der Waals surface area contributed by atoms with Gasteiger partial charge in [-0.05, 0) is 44.9 Å². The van der Waals surface area contributed by atoms with Crippen LogP contribution in [-0.2, 0) is 0 Å². The third kappa shape index (κ3) is 3.18. The summed E-state index contributed by atoms with van der Waals surface area (Å²) in [5, 5.41) is 3.20. The van der Waals surface area contributed by atoms with E-state index in [-0.39, 0.29) is 12.3 Å². The number of methoxy groups -OCH3 is 1. The van der Waals surface area contributed by atoms with Crippen LogP contribution in [0.4, 0.5) is 5.69 Å². The van der Waals surface area contributed by atoms with Crippen molar-refractivity contribution in [1.29, 1.82) is 0 Å². The number of aromatic nitrogens is 1. The molecule has 24 heavy (non-hydrogen) atoms. The number of nitrogens with zero attached hydrogens (tertiary/aromatic N) is 1. The molecule has 0 spiro atoms. The number of hydrogen-bond acceptors (Lipinski definition) is 3. The molecule has 0 atom stereocenters. The van der Waals surface area contributed by atoms with Crippen molar-refractivity contribution in [1.82, 2.24) is 4.57 Å². The highest BCUT2D eigenvalue weighted by molar-refractivity contribution is 6.00. The van der Waals surface area contributed by atoms with Crippen molar-refractivity contribution < 1.29 is 9.53 Å². The number of hydrogen-bond donors (Lipinski definition) is 1. The van der Waals surface area contributed by atoms with E-state index in [0.29, 0.717) is 6.04 Å². The predicted octanol–water partition coefficient (Wildman–Crippen LogP) is 4.52. The van der Waals surface area contributed by atoms with Crippen LogP contribution in [0.15, 0.2) is 30.3 Å². The lowest BCUT2D eigenvalue weighted by Crippen LogP contribution is -2.16. The average Bonchev–Trinajstić information content (AvgIpc) is 3.20. The van der Waals surface area contributed by atoms with Crippen molar-refractivity contribution >= 4 is 11.5 Å². The molecule has 1 aromatic heterocycles. The summed E-state index contributed by atoms with van der Waals surface area (Å²) >= 11 is 0. The van der Waals surface area contributed by atoms with E-state index in [1.54, 1.807) is 7.11 Å². The largest absolute Gasteiger partial charge is 0.495 e. The lowest BCUT2D eigenvalue weighted by atomic mass is 10.1. The van der Waals surface area contributed by atoms with E-state index >= 15 is 0 Å². The van der Waals surface area contributed by atoms with Gasteiger partial charge in [0.15, 0.2) is 5.78 Å². The molecule has 1 aliphatic rings. The summed E-state index contributed by atoms with van der Waals surface area (Å²) in [5.41, 5.74) is 3.98. The average molecular weight is 326 g/mol. The van der Waals surface area contributed by atoms with Gasteiger partial charge >= 0.3 is 0 Å². The Labute approximate surface area is 143 Å². The normalized spacial score (nSPS) is 14.8. The Kier molecular flexibility index (Phi) is 4.93. The van der Waals surface area contributed by atoms with Crippen molar-refractivity contribution in [2.24, 2.45) is 0 Å². The Balaban J connectivity index is 1.74. The second kappa shape index (κ2) is 7.12. The number of carbonyl (C=O) groups excluding carboxylic acids is 1. The molecule has 0 radical (unpaired) electrons. The summed E-state index contributed by atoms with van der Waals surface area (Å²) in [5.74, 6) is 0.875. The molecule has 0 aliphatic heterocycles. The molecule has 0 bridgehead atoms. The first-order chi connectivity index (χ1) is 11.6. The molecular weight excluding hydrogens is 300 g/mol.